The molecule has 0 aliphatic heterocycles. The first kappa shape index (κ1) is 18.5. The number of aromatic nitrogens is 2. The van der Waals surface area contributed by atoms with E-state index < -0.39 is 0 Å². The Morgan fingerprint density at radius 1 is 1.04 bits per heavy atom. The molecule has 0 saturated carbocycles. The smallest absolute Gasteiger partial charge is 0.275 e. The summed E-state index contributed by atoms with van der Waals surface area (Å²) in [4.78, 5) is 32.1. The molecular weight excluding hydrogens is 364 g/mol. The summed E-state index contributed by atoms with van der Waals surface area (Å²) >= 11 is 5.92. The summed E-state index contributed by atoms with van der Waals surface area (Å²) in [6.45, 7) is 3.37. The molecule has 0 spiro atoms. The number of nitrogens with zero attached hydrogens (tertiary/aromatic N) is 2. The zero-order valence-electron chi connectivity index (χ0n) is 14.8. The molecule has 3 aromatic rings. The van der Waals surface area contributed by atoms with Gasteiger partial charge in [0.05, 0.1) is 12.4 Å². The van der Waals surface area contributed by atoms with E-state index in [1.54, 1.807) is 36.4 Å². The first-order chi connectivity index (χ1) is 12.9. The van der Waals surface area contributed by atoms with E-state index in [-0.39, 0.29) is 17.4 Å². The Labute approximate surface area is 161 Å². The van der Waals surface area contributed by atoms with Crippen molar-refractivity contribution in [2.75, 3.05) is 10.6 Å². The van der Waals surface area contributed by atoms with Crippen LogP contribution in [0.5, 0.6) is 0 Å². The third-order valence-corrected chi connectivity index (χ3v) is 4.10. The lowest BCUT2D eigenvalue weighted by Gasteiger charge is -2.09. The van der Waals surface area contributed by atoms with Crippen molar-refractivity contribution in [3.05, 3.63) is 76.7 Å². The van der Waals surface area contributed by atoms with Gasteiger partial charge < -0.3 is 10.6 Å². The van der Waals surface area contributed by atoms with Gasteiger partial charge in [-0.15, -0.1) is 0 Å². The Morgan fingerprint density at radius 3 is 2.52 bits per heavy atom. The Morgan fingerprint density at radius 2 is 1.85 bits per heavy atom. The van der Waals surface area contributed by atoms with E-state index in [4.69, 9.17) is 11.6 Å². The van der Waals surface area contributed by atoms with E-state index in [0.29, 0.717) is 27.8 Å². The first-order valence-corrected chi connectivity index (χ1v) is 8.58. The summed E-state index contributed by atoms with van der Waals surface area (Å²) in [5, 5.41) is 6.45. The number of amides is 1. The van der Waals surface area contributed by atoms with Crippen LogP contribution in [0.4, 0.5) is 17.2 Å². The number of halogens is 1. The molecule has 7 heteroatoms. The van der Waals surface area contributed by atoms with Gasteiger partial charge in [0.2, 0.25) is 0 Å². The number of benzene rings is 2. The van der Waals surface area contributed by atoms with E-state index >= 15 is 0 Å². The molecule has 0 aliphatic carbocycles. The van der Waals surface area contributed by atoms with Crippen LogP contribution in [0.3, 0.4) is 0 Å². The third kappa shape index (κ3) is 4.68. The van der Waals surface area contributed by atoms with E-state index in [9.17, 15) is 9.59 Å². The van der Waals surface area contributed by atoms with Gasteiger partial charge in [-0.25, -0.2) is 9.97 Å². The standard InChI is InChI=1S/C20H17ClN4O2/c1-12-8-15(21)6-7-17(12)25-20(27)18-10-23-19(11-22-18)24-16-5-3-4-14(9-16)13(2)26/h3-11H,1-2H3,(H,23,24)(H,25,27). The molecule has 2 aromatic carbocycles. The largest absolute Gasteiger partial charge is 0.339 e. The Bertz CT molecular complexity index is 1000. The van der Waals surface area contributed by atoms with Gasteiger partial charge in [0.15, 0.2) is 5.78 Å². The second kappa shape index (κ2) is 7.97. The molecule has 2 N–H and O–H groups in total. The molecule has 0 saturated heterocycles. The monoisotopic (exact) mass is 380 g/mol. The predicted octanol–water partition coefficient (Wildman–Crippen LogP) is 4.64. The molecule has 136 valence electrons. The second-order valence-corrected chi connectivity index (χ2v) is 6.40. The van der Waals surface area contributed by atoms with Crippen molar-refractivity contribution in [2.45, 2.75) is 13.8 Å². The van der Waals surface area contributed by atoms with Crippen LogP contribution in [0, 0.1) is 6.92 Å². The molecular formula is C20H17ClN4O2. The SMILES string of the molecule is CC(=O)c1cccc(Nc2cnc(C(=O)Nc3ccc(Cl)cc3C)cn2)c1. The topological polar surface area (TPSA) is 84.0 Å². The predicted molar refractivity (Wildman–Crippen MR) is 106 cm³/mol. The number of hydrogen-bond donors (Lipinski definition) is 2. The van der Waals surface area contributed by atoms with E-state index in [0.717, 1.165) is 5.56 Å². The van der Waals surface area contributed by atoms with Gasteiger partial charge in [0.1, 0.15) is 11.5 Å². The molecule has 0 bridgehead atoms. The minimum atomic E-state index is -0.363. The lowest BCUT2D eigenvalue weighted by molar-refractivity contribution is 0.101. The fraction of sp³-hybridized carbons (Fsp3) is 0.100. The molecule has 0 fully saturated rings. The minimum Gasteiger partial charge on any atom is -0.339 e. The van der Waals surface area contributed by atoms with Gasteiger partial charge in [-0.2, -0.15) is 0 Å². The van der Waals surface area contributed by atoms with Crippen molar-refractivity contribution in [3.8, 4) is 0 Å². The first-order valence-electron chi connectivity index (χ1n) is 8.20. The van der Waals surface area contributed by atoms with Crippen LogP contribution >= 0.6 is 11.6 Å². The number of rotatable bonds is 5. The molecule has 3 rings (SSSR count). The van der Waals surface area contributed by atoms with E-state index in [1.807, 2.05) is 13.0 Å². The fourth-order valence-electron chi connectivity index (χ4n) is 2.43. The third-order valence-electron chi connectivity index (χ3n) is 3.86. The second-order valence-electron chi connectivity index (χ2n) is 5.96. The van der Waals surface area contributed by atoms with Crippen LogP contribution < -0.4 is 10.6 Å². The van der Waals surface area contributed by atoms with E-state index in [2.05, 4.69) is 20.6 Å². The Balaban J connectivity index is 1.70. The van der Waals surface area contributed by atoms with Crippen LogP contribution in [-0.2, 0) is 0 Å². The highest BCUT2D eigenvalue weighted by atomic mass is 35.5. The lowest BCUT2D eigenvalue weighted by Crippen LogP contribution is -2.15. The summed E-state index contributed by atoms with van der Waals surface area (Å²) in [5.74, 6) is 0.0854. The number of carbonyl (C=O) groups excluding carboxylic acids is 2. The van der Waals surface area contributed by atoms with Gasteiger partial charge in [0, 0.05) is 22.0 Å². The molecule has 1 heterocycles. The summed E-state index contributed by atoms with van der Waals surface area (Å²) in [6.07, 6.45) is 2.85. The van der Waals surface area contributed by atoms with Crippen molar-refractivity contribution >= 4 is 40.5 Å². The van der Waals surface area contributed by atoms with Crippen LogP contribution in [0.1, 0.15) is 33.3 Å². The maximum atomic E-state index is 12.3. The van der Waals surface area contributed by atoms with Gasteiger partial charge in [0.25, 0.3) is 5.91 Å². The number of hydrogen-bond acceptors (Lipinski definition) is 5. The Kier molecular flexibility index (Phi) is 5.47. The number of anilines is 3. The Hall–Kier alpha value is -3.25. The highest BCUT2D eigenvalue weighted by Crippen LogP contribution is 2.20. The van der Waals surface area contributed by atoms with Crippen molar-refractivity contribution < 1.29 is 9.59 Å². The van der Waals surface area contributed by atoms with E-state index in [1.165, 1.54) is 19.3 Å². The minimum absolute atomic E-state index is 0.0192. The van der Waals surface area contributed by atoms with Crippen molar-refractivity contribution in [3.63, 3.8) is 0 Å². The molecule has 0 radical (unpaired) electrons. The average molecular weight is 381 g/mol. The van der Waals surface area contributed by atoms with Gasteiger partial charge in [-0.05, 0) is 49.7 Å². The molecule has 0 aliphatic rings. The van der Waals surface area contributed by atoms with Crippen molar-refractivity contribution in [1.82, 2.24) is 9.97 Å². The van der Waals surface area contributed by atoms with Gasteiger partial charge in [-0.1, -0.05) is 23.7 Å². The number of ketones is 1. The lowest BCUT2D eigenvalue weighted by atomic mass is 10.1. The molecule has 1 amide bonds. The van der Waals surface area contributed by atoms with Gasteiger partial charge >= 0.3 is 0 Å². The quantitative estimate of drug-likeness (QED) is 0.630. The molecule has 0 unspecified atom stereocenters. The number of carbonyl (C=O) groups is 2. The number of aryl methyl sites for hydroxylation is 1. The maximum absolute atomic E-state index is 12.3. The van der Waals surface area contributed by atoms with Crippen LogP contribution in [-0.4, -0.2) is 21.7 Å². The summed E-state index contributed by atoms with van der Waals surface area (Å²) in [6, 6.07) is 12.3. The highest BCUT2D eigenvalue weighted by Gasteiger charge is 2.10. The molecule has 6 nitrogen and oxygen atoms in total. The van der Waals surface area contributed by atoms with Crippen molar-refractivity contribution in [1.29, 1.82) is 0 Å². The van der Waals surface area contributed by atoms with Gasteiger partial charge in [-0.3, -0.25) is 9.59 Å². The zero-order valence-corrected chi connectivity index (χ0v) is 15.5. The highest BCUT2D eigenvalue weighted by molar-refractivity contribution is 6.30. The van der Waals surface area contributed by atoms with Crippen LogP contribution in [0.25, 0.3) is 0 Å². The fourth-order valence-corrected chi connectivity index (χ4v) is 2.65. The summed E-state index contributed by atoms with van der Waals surface area (Å²) in [5.41, 5.74) is 3.02. The summed E-state index contributed by atoms with van der Waals surface area (Å²) < 4.78 is 0. The number of nitrogens with one attached hydrogen (secondary N) is 2. The van der Waals surface area contributed by atoms with Crippen LogP contribution in [0.2, 0.25) is 5.02 Å². The normalized spacial score (nSPS) is 10.3. The molecule has 1 aromatic heterocycles. The molecule has 0 atom stereocenters. The maximum Gasteiger partial charge on any atom is 0.275 e. The molecule has 27 heavy (non-hydrogen) atoms. The number of Topliss-reactive ketones (excluding diaryl/α,β-unsaturated/α-hetero) is 1. The zero-order chi connectivity index (χ0) is 19.4. The summed E-state index contributed by atoms with van der Waals surface area (Å²) in [7, 11) is 0. The van der Waals surface area contributed by atoms with Crippen LogP contribution in [0.15, 0.2) is 54.9 Å². The average Bonchev–Trinajstić information content (AvgIpc) is 2.65. The van der Waals surface area contributed by atoms with Crippen molar-refractivity contribution in [2.24, 2.45) is 0 Å².